The van der Waals surface area contributed by atoms with E-state index in [-0.39, 0.29) is 18.5 Å². The van der Waals surface area contributed by atoms with E-state index >= 15 is 0 Å². The Hall–Kier alpha value is -2.19. The van der Waals surface area contributed by atoms with Crippen LogP contribution in [0, 0.1) is 11.8 Å². The Bertz CT molecular complexity index is 715. The molecule has 0 spiro atoms. The summed E-state index contributed by atoms with van der Waals surface area (Å²) in [4.78, 5) is 28.2. The molecule has 1 atom stereocenters. The smallest absolute Gasteiger partial charge is 0.411 e. The highest BCUT2D eigenvalue weighted by molar-refractivity contribution is 6.30. The van der Waals surface area contributed by atoms with Crippen molar-refractivity contribution >= 4 is 29.3 Å². The van der Waals surface area contributed by atoms with Crippen LogP contribution in [-0.2, 0) is 9.53 Å². The summed E-state index contributed by atoms with van der Waals surface area (Å²) in [6, 6.07) is 6.89. The van der Waals surface area contributed by atoms with Gasteiger partial charge in [0.05, 0.1) is 6.04 Å². The number of anilines is 1. The van der Waals surface area contributed by atoms with Crippen LogP contribution in [0.2, 0.25) is 5.02 Å². The summed E-state index contributed by atoms with van der Waals surface area (Å²) < 4.78 is 5.44. The van der Waals surface area contributed by atoms with E-state index in [1.54, 1.807) is 50.8 Å². The van der Waals surface area contributed by atoms with E-state index in [2.05, 4.69) is 11.8 Å². The molecule has 2 amide bonds. The molecule has 1 aliphatic heterocycles. The van der Waals surface area contributed by atoms with Crippen LogP contribution < -0.4 is 4.90 Å². The summed E-state index contributed by atoms with van der Waals surface area (Å²) in [7, 11) is 0. The highest BCUT2D eigenvalue weighted by Crippen LogP contribution is 2.25. The van der Waals surface area contributed by atoms with E-state index < -0.39 is 11.7 Å². The lowest BCUT2D eigenvalue weighted by molar-refractivity contribution is -0.122. The molecule has 134 valence electrons. The van der Waals surface area contributed by atoms with Crippen LogP contribution in [0.3, 0.4) is 0 Å². The van der Waals surface area contributed by atoms with Crippen molar-refractivity contribution in [2.45, 2.75) is 45.8 Å². The van der Waals surface area contributed by atoms with Gasteiger partial charge < -0.3 is 9.64 Å². The van der Waals surface area contributed by atoms with Crippen molar-refractivity contribution in [2.75, 3.05) is 18.0 Å². The van der Waals surface area contributed by atoms with Gasteiger partial charge in [0.15, 0.2) is 0 Å². The van der Waals surface area contributed by atoms with Crippen LogP contribution in [0.25, 0.3) is 0 Å². The maximum atomic E-state index is 12.6. The summed E-state index contributed by atoms with van der Waals surface area (Å²) >= 11 is 6.04. The average molecular weight is 363 g/mol. The van der Waals surface area contributed by atoms with Gasteiger partial charge in [-0.3, -0.25) is 9.69 Å². The highest BCUT2D eigenvalue weighted by atomic mass is 35.5. The summed E-state index contributed by atoms with van der Waals surface area (Å²) in [6.45, 7) is 7.46. The molecule has 2 rings (SSSR count). The number of nitrogens with zero attached hydrogens (tertiary/aromatic N) is 2. The van der Waals surface area contributed by atoms with Crippen LogP contribution in [0.15, 0.2) is 24.3 Å². The Morgan fingerprint density at radius 2 is 2.12 bits per heavy atom. The van der Waals surface area contributed by atoms with Crippen molar-refractivity contribution < 1.29 is 14.3 Å². The second-order valence-electron chi connectivity index (χ2n) is 6.88. The first kappa shape index (κ1) is 19.1. The molecule has 0 bridgehead atoms. The zero-order chi connectivity index (χ0) is 18.6. The maximum Gasteiger partial charge on any atom is 0.411 e. The number of rotatable bonds is 2. The fourth-order valence-electron chi connectivity index (χ4n) is 2.59. The summed E-state index contributed by atoms with van der Waals surface area (Å²) in [6.07, 6.45) is -0.0189. The lowest BCUT2D eigenvalue weighted by Crippen LogP contribution is -2.58. The second-order valence-corrected chi connectivity index (χ2v) is 7.31. The number of carbonyl (C=O) groups excluding carboxylic acids is 2. The number of benzene rings is 1. The molecule has 25 heavy (non-hydrogen) atoms. The molecule has 1 fully saturated rings. The number of ether oxygens (including phenoxy) is 1. The van der Waals surface area contributed by atoms with Crippen LogP contribution in [0.4, 0.5) is 10.5 Å². The average Bonchev–Trinajstić information content (AvgIpc) is 2.51. The molecule has 1 aliphatic rings. The summed E-state index contributed by atoms with van der Waals surface area (Å²) in [5.74, 6) is 5.67. The van der Waals surface area contributed by atoms with Gasteiger partial charge in [0.2, 0.25) is 5.91 Å². The quantitative estimate of drug-likeness (QED) is 0.753. The number of piperazine rings is 1. The van der Waals surface area contributed by atoms with Gasteiger partial charge in [0.25, 0.3) is 0 Å². The van der Waals surface area contributed by atoms with Crippen LogP contribution in [0.5, 0.6) is 0 Å². The molecule has 0 aromatic heterocycles. The predicted octanol–water partition coefficient (Wildman–Crippen LogP) is 3.71. The van der Waals surface area contributed by atoms with E-state index in [1.165, 1.54) is 4.90 Å². The minimum atomic E-state index is -0.620. The molecule has 0 N–H and O–H groups in total. The largest absolute Gasteiger partial charge is 0.444 e. The predicted molar refractivity (Wildman–Crippen MR) is 98.6 cm³/mol. The molecule has 1 aromatic rings. The van der Waals surface area contributed by atoms with Crippen molar-refractivity contribution in [3.05, 3.63) is 29.3 Å². The normalized spacial score (nSPS) is 17.8. The second kappa shape index (κ2) is 7.79. The molecule has 1 aromatic carbocycles. The highest BCUT2D eigenvalue weighted by Gasteiger charge is 2.37. The zero-order valence-corrected chi connectivity index (χ0v) is 15.8. The molecule has 0 saturated carbocycles. The molecule has 0 radical (unpaired) electrons. The van der Waals surface area contributed by atoms with E-state index in [1.807, 2.05) is 6.07 Å². The van der Waals surface area contributed by atoms with Crippen molar-refractivity contribution in [1.29, 1.82) is 0 Å². The van der Waals surface area contributed by atoms with Gasteiger partial charge in [-0.15, -0.1) is 11.8 Å². The number of carbonyl (C=O) groups is 2. The standard InChI is InChI=1S/C19H23ClN2O3/c1-5-6-9-16-12-21(15-10-7-8-14(20)11-15)17(23)13-22(16)18(24)25-19(2,3)4/h7-8,10-11,16H,9,12-13H2,1-4H3. The fourth-order valence-corrected chi connectivity index (χ4v) is 2.78. The van der Waals surface area contributed by atoms with Gasteiger partial charge in [0.1, 0.15) is 12.1 Å². The molecule has 1 saturated heterocycles. The van der Waals surface area contributed by atoms with Crippen LogP contribution in [0.1, 0.15) is 34.1 Å². The minimum Gasteiger partial charge on any atom is -0.444 e. The maximum absolute atomic E-state index is 12.6. The number of halogens is 1. The van der Waals surface area contributed by atoms with Crippen molar-refractivity contribution in [1.82, 2.24) is 4.90 Å². The molecule has 1 heterocycles. The van der Waals surface area contributed by atoms with Gasteiger partial charge in [0, 0.05) is 23.7 Å². The number of hydrogen-bond donors (Lipinski definition) is 0. The first-order chi connectivity index (χ1) is 11.7. The molecular weight excluding hydrogens is 340 g/mol. The lowest BCUT2D eigenvalue weighted by Gasteiger charge is -2.40. The Morgan fingerprint density at radius 1 is 1.40 bits per heavy atom. The van der Waals surface area contributed by atoms with Gasteiger partial charge in [-0.25, -0.2) is 4.79 Å². The SMILES string of the molecule is CC#CCC1CN(c2cccc(Cl)c2)C(=O)CN1C(=O)OC(C)(C)C. The molecule has 0 aliphatic carbocycles. The first-order valence-corrected chi connectivity index (χ1v) is 8.54. The fraction of sp³-hybridized carbons (Fsp3) is 0.474. The molecule has 6 heteroatoms. The summed E-state index contributed by atoms with van der Waals surface area (Å²) in [5.41, 5.74) is 0.0985. The first-order valence-electron chi connectivity index (χ1n) is 8.16. The minimum absolute atomic E-state index is 0.0442. The van der Waals surface area contributed by atoms with Gasteiger partial charge in [-0.2, -0.15) is 0 Å². The van der Waals surface area contributed by atoms with Crippen LogP contribution in [-0.4, -0.2) is 41.6 Å². The number of amides is 2. The van der Waals surface area contributed by atoms with Gasteiger partial charge in [-0.05, 0) is 45.9 Å². The van der Waals surface area contributed by atoms with Crippen LogP contribution >= 0.6 is 11.6 Å². The molecule has 5 nitrogen and oxygen atoms in total. The Labute approximate surface area is 153 Å². The Kier molecular flexibility index (Phi) is 5.97. The van der Waals surface area contributed by atoms with E-state index in [0.29, 0.717) is 18.0 Å². The lowest BCUT2D eigenvalue weighted by atomic mass is 10.1. The van der Waals surface area contributed by atoms with Crippen molar-refractivity contribution in [3.63, 3.8) is 0 Å². The van der Waals surface area contributed by atoms with Crippen molar-refractivity contribution in [3.8, 4) is 11.8 Å². The van der Waals surface area contributed by atoms with E-state index in [4.69, 9.17) is 16.3 Å². The zero-order valence-electron chi connectivity index (χ0n) is 15.0. The van der Waals surface area contributed by atoms with Gasteiger partial charge >= 0.3 is 6.09 Å². The Morgan fingerprint density at radius 3 is 2.72 bits per heavy atom. The Balaban J connectivity index is 2.25. The molecular formula is C19H23ClN2O3. The third kappa shape index (κ3) is 5.14. The van der Waals surface area contributed by atoms with Crippen molar-refractivity contribution in [2.24, 2.45) is 0 Å². The third-order valence-electron chi connectivity index (χ3n) is 3.70. The third-order valence-corrected chi connectivity index (χ3v) is 3.94. The van der Waals surface area contributed by atoms with E-state index in [0.717, 1.165) is 5.69 Å². The number of hydrogen-bond acceptors (Lipinski definition) is 3. The molecule has 1 unspecified atom stereocenters. The summed E-state index contributed by atoms with van der Waals surface area (Å²) in [5, 5.41) is 0.560. The monoisotopic (exact) mass is 362 g/mol. The topological polar surface area (TPSA) is 49.9 Å². The van der Waals surface area contributed by atoms with Gasteiger partial charge in [-0.1, -0.05) is 17.7 Å². The van der Waals surface area contributed by atoms with E-state index in [9.17, 15) is 9.59 Å².